The van der Waals surface area contributed by atoms with Crippen molar-refractivity contribution in [3.05, 3.63) is 12.3 Å². The number of fused-ring (bicyclic) bond motifs is 5. The Morgan fingerprint density at radius 1 is 1.06 bits per heavy atom. The molecule has 9 atom stereocenters. The first kappa shape index (κ1) is 23.1. The van der Waals surface area contributed by atoms with Gasteiger partial charge in [-0.15, -0.1) is 0 Å². The van der Waals surface area contributed by atoms with Crippen LogP contribution in [0.3, 0.4) is 0 Å². The zero-order valence-electron chi connectivity index (χ0n) is 19.9. The highest BCUT2D eigenvalue weighted by atomic mass is 17.2. The lowest BCUT2D eigenvalue weighted by atomic mass is 9.44. The van der Waals surface area contributed by atoms with Crippen LogP contribution in [0.25, 0.3) is 0 Å². The first-order chi connectivity index (χ1) is 14.7. The van der Waals surface area contributed by atoms with E-state index in [1.165, 1.54) is 6.92 Å². The molecule has 4 aliphatic rings. The van der Waals surface area contributed by atoms with E-state index >= 15 is 0 Å². The van der Waals surface area contributed by atoms with Crippen molar-refractivity contribution in [2.75, 3.05) is 0 Å². The summed E-state index contributed by atoms with van der Waals surface area (Å²) in [6.45, 7) is 12.3. The van der Waals surface area contributed by atoms with E-state index in [9.17, 15) is 9.90 Å². The number of hydrogen-bond acceptors (Lipinski definition) is 5. The van der Waals surface area contributed by atoms with E-state index in [0.717, 1.165) is 64.2 Å². The van der Waals surface area contributed by atoms with Crippen LogP contribution in [0.5, 0.6) is 0 Å². The summed E-state index contributed by atoms with van der Waals surface area (Å²) in [5.41, 5.74) is 0.246. The van der Waals surface area contributed by atoms with Crippen LogP contribution in [0.2, 0.25) is 0 Å². The zero-order valence-corrected chi connectivity index (χ0v) is 19.9. The summed E-state index contributed by atoms with van der Waals surface area (Å²) in [4.78, 5) is 22.9. The fourth-order valence-electron chi connectivity index (χ4n) is 8.07. The molecule has 4 fully saturated rings. The Morgan fingerprint density at radius 2 is 1.77 bits per heavy atom. The fourth-order valence-corrected chi connectivity index (χ4v) is 8.07. The number of rotatable bonds is 6. The van der Waals surface area contributed by atoms with Crippen molar-refractivity contribution in [3.63, 3.8) is 0 Å². The highest BCUT2D eigenvalue weighted by molar-refractivity contribution is 5.66. The van der Waals surface area contributed by atoms with Crippen molar-refractivity contribution in [2.45, 2.75) is 110 Å². The number of aliphatic hydroxyl groups excluding tert-OH is 1. The average Bonchev–Trinajstić information content (AvgIpc) is 3.03. The molecule has 5 unspecified atom stereocenters. The molecule has 0 heterocycles. The van der Waals surface area contributed by atoms with Crippen molar-refractivity contribution in [2.24, 2.45) is 34.5 Å². The third-order valence-electron chi connectivity index (χ3n) is 9.69. The van der Waals surface area contributed by atoms with E-state index in [-0.39, 0.29) is 35.1 Å². The monoisotopic (exact) mass is 434 g/mol. The van der Waals surface area contributed by atoms with Gasteiger partial charge in [-0.2, -0.15) is 4.89 Å². The first-order valence-electron chi connectivity index (χ1n) is 12.6. The smallest absolute Gasteiger partial charge is 0.302 e. The van der Waals surface area contributed by atoms with E-state index in [2.05, 4.69) is 27.4 Å². The molecule has 176 valence electrons. The molecule has 0 amide bonds. The lowest BCUT2D eigenvalue weighted by molar-refractivity contribution is -0.313. The normalized spacial score (nSPS) is 46.4. The van der Waals surface area contributed by atoms with Gasteiger partial charge >= 0.3 is 5.97 Å². The zero-order chi connectivity index (χ0) is 22.4. The molecule has 0 aromatic heterocycles. The topological polar surface area (TPSA) is 65.0 Å². The predicted octanol–water partition coefficient (Wildman–Crippen LogP) is 5.56. The first-order valence-corrected chi connectivity index (χ1v) is 12.6. The molecule has 0 aliphatic heterocycles. The Morgan fingerprint density at radius 3 is 2.48 bits per heavy atom. The summed E-state index contributed by atoms with van der Waals surface area (Å²) in [7, 11) is 0. The molecule has 5 nitrogen and oxygen atoms in total. The van der Waals surface area contributed by atoms with E-state index in [1.54, 1.807) is 0 Å². The summed E-state index contributed by atoms with van der Waals surface area (Å²) in [6, 6.07) is 0. The van der Waals surface area contributed by atoms with Gasteiger partial charge in [0, 0.05) is 18.8 Å². The fraction of sp³-hybridized carbons (Fsp3) is 0.885. The van der Waals surface area contributed by atoms with Gasteiger partial charge in [-0.25, -0.2) is 0 Å². The Balaban J connectivity index is 1.46. The molecule has 31 heavy (non-hydrogen) atoms. The van der Waals surface area contributed by atoms with Crippen molar-refractivity contribution in [1.82, 2.24) is 0 Å². The van der Waals surface area contributed by atoms with Crippen LogP contribution >= 0.6 is 0 Å². The van der Waals surface area contributed by atoms with Crippen LogP contribution in [0.15, 0.2) is 12.3 Å². The van der Waals surface area contributed by atoms with Crippen LogP contribution in [0.1, 0.15) is 91.9 Å². The van der Waals surface area contributed by atoms with Crippen LogP contribution < -0.4 is 0 Å². The van der Waals surface area contributed by atoms with Crippen molar-refractivity contribution in [1.29, 1.82) is 0 Å². The second-order valence-electron chi connectivity index (χ2n) is 11.4. The molecule has 0 radical (unpaired) electrons. The van der Waals surface area contributed by atoms with Crippen LogP contribution in [0, 0.1) is 34.5 Å². The maximum atomic E-state index is 11.7. The number of hydrogen-bond donors (Lipinski definition) is 1. The van der Waals surface area contributed by atoms with Crippen molar-refractivity contribution < 1.29 is 24.4 Å². The summed E-state index contributed by atoms with van der Waals surface area (Å²) < 4.78 is 5.75. The minimum absolute atomic E-state index is 0.00477. The molecule has 0 aromatic rings. The third-order valence-corrected chi connectivity index (χ3v) is 9.69. The molecular formula is C26H42O5. The Bertz CT molecular complexity index is 691. The lowest BCUT2D eigenvalue weighted by Gasteiger charge is -2.62. The van der Waals surface area contributed by atoms with Crippen LogP contribution in [-0.4, -0.2) is 29.4 Å². The number of allylic oxidation sites excluding steroid dienone is 1. The second-order valence-corrected chi connectivity index (χ2v) is 11.4. The second kappa shape index (κ2) is 8.70. The quantitative estimate of drug-likeness (QED) is 0.256. The van der Waals surface area contributed by atoms with Gasteiger partial charge in [0.1, 0.15) is 18.0 Å². The minimum atomic E-state index is -0.279. The third kappa shape index (κ3) is 4.06. The van der Waals surface area contributed by atoms with E-state index in [4.69, 9.17) is 14.5 Å². The van der Waals surface area contributed by atoms with Gasteiger partial charge in [0.25, 0.3) is 0 Å². The van der Waals surface area contributed by atoms with Crippen LogP contribution in [-0.2, 0) is 19.3 Å². The van der Waals surface area contributed by atoms with E-state index < -0.39 is 0 Å². The van der Waals surface area contributed by atoms with Crippen LogP contribution in [0.4, 0.5) is 0 Å². The Labute approximate surface area is 187 Å². The molecular weight excluding hydrogens is 392 g/mol. The highest BCUT2D eigenvalue weighted by Gasteiger charge is 2.63. The maximum Gasteiger partial charge on any atom is 0.302 e. The molecule has 0 aromatic carbocycles. The molecule has 4 rings (SSSR count). The van der Waals surface area contributed by atoms with Gasteiger partial charge in [0.2, 0.25) is 0 Å². The molecule has 0 spiro atoms. The number of aliphatic hydroxyl groups is 1. The number of carbonyl (C=O) groups is 1. The molecule has 5 heteroatoms. The summed E-state index contributed by atoms with van der Waals surface area (Å²) in [6.07, 6.45) is 9.77. The molecule has 1 N–H and O–H groups in total. The van der Waals surface area contributed by atoms with E-state index in [1.807, 2.05) is 0 Å². The summed E-state index contributed by atoms with van der Waals surface area (Å²) in [5, 5.41) is 11.4. The molecule has 4 aliphatic carbocycles. The predicted molar refractivity (Wildman–Crippen MR) is 119 cm³/mol. The van der Waals surface area contributed by atoms with Gasteiger partial charge in [-0.3, -0.25) is 4.79 Å². The Kier molecular flexibility index (Phi) is 6.48. The number of esters is 1. The molecule has 0 bridgehead atoms. The average molecular weight is 435 g/mol. The highest BCUT2D eigenvalue weighted by Crippen LogP contribution is 2.66. The maximum absolute atomic E-state index is 11.7. The van der Waals surface area contributed by atoms with Gasteiger partial charge < -0.3 is 14.7 Å². The largest absolute Gasteiger partial charge is 0.462 e. The molecule has 0 saturated heterocycles. The van der Waals surface area contributed by atoms with E-state index in [0.29, 0.717) is 29.4 Å². The number of carbonyl (C=O) groups excluding carboxylic acids is 1. The van der Waals surface area contributed by atoms with Crippen molar-refractivity contribution >= 4 is 5.97 Å². The van der Waals surface area contributed by atoms with Gasteiger partial charge in [0.15, 0.2) is 0 Å². The standard InChI is InChI=1S/C26H42O5/c1-6-7-16(2)30-31-19-10-12-25(4)18(14-19)15-22(28)24-20-8-9-23(29-17(3)27)26(20,5)13-11-21(24)25/h18-24,28H,2,6-15H2,1,3-5H3/t18?,19-,20?,21?,22?,23-,24?,25-,26-/m0/s1. The van der Waals surface area contributed by atoms with Gasteiger partial charge in [-0.1, -0.05) is 27.4 Å². The SMILES string of the molecule is C=C(CCC)OO[C@H]1CC[C@@]2(C)C(CC(O)C3C2CC[C@@]2(C)C3CC[C@@H]2OC(C)=O)C1. The summed E-state index contributed by atoms with van der Waals surface area (Å²) in [5.74, 6) is 2.28. The Hall–Kier alpha value is -1.07. The summed E-state index contributed by atoms with van der Waals surface area (Å²) >= 11 is 0. The molecule has 4 saturated carbocycles. The van der Waals surface area contributed by atoms with Gasteiger partial charge in [-0.05, 0) is 86.9 Å². The number of ether oxygens (including phenoxy) is 1. The lowest BCUT2D eigenvalue weighted by Crippen LogP contribution is -2.59. The minimum Gasteiger partial charge on any atom is -0.462 e. The van der Waals surface area contributed by atoms with Crippen molar-refractivity contribution in [3.8, 4) is 0 Å². The van der Waals surface area contributed by atoms with Gasteiger partial charge in [0.05, 0.1) is 6.10 Å².